The maximum Gasteiger partial charge on any atom is 0.224 e. The molecule has 0 aliphatic rings. The predicted molar refractivity (Wildman–Crippen MR) is 134 cm³/mol. The van der Waals surface area contributed by atoms with Gasteiger partial charge in [0.05, 0.1) is 17.5 Å². The number of aromatic amines is 1. The maximum atomic E-state index is 12.5. The summed E-state index contributed by atoms with van der Waals surface area (Å²) in [5.74, 6) is 0.127. The van der Waals surface area contributed by atoms with E-state index >= 15 is 0 Å². The Kier molecular flexibility index (Phi) is 5.95. The first-order valence-corrected chi connectivity index (χ1v) is 11.5. The van der Waals surface area contributed by atoms with Crippen molar-refractivity contribution in [2.75, 3.05) is 0 Å². The lowest BCUT2D eigenvalue weighted by Crippen LogP contribution is -2.24. The van der Waals surface area contributed by atoms with Crippen molar-refractivity contribution in [2.24, 2.45) is 0 Å². The van der Waals surface area contributed by atoms with E-state index in [1.807, 2.05) is 78.4 Å². The Labute approximate surface area is 197 Å². The molecule has 0 aliphatic heterocycles. The number of Topliss-reactive ketones (excluding diaryl/α,β-unsaturated/α-hetero) is 1. The van der Waals surface area contributed by atoms with E-state index in [0.717, 1.165) is 45.2 Å². The van der Waals surface area contributed by atoms with Gasteiger partial charge >= 0.3 is 0 Å². The standard InChI is InChI=1S/C28H26N4O2/c1-2-5-27(33)20-10-13-26-25(15-20)31-18-32(26)22-11-8-19(9-12-22)14-28(34)30-17-21-16-29-24-7-4-3-6-23(21)24/h3-4,6-13,15-16,18,29H,2,5,14,17H2,1H3,(H,30,34). The highest BCUT2D eigenvalue weighted by Gasteiger charge is 2.11. The number of aromatic nitrogens is 3. The molecule has 170 valence electrons. The quantitative estimate of drug-likeness (QED) is 0.313. The van der Waals surface area contributed by atoms with E-state index < -0.39 is 0 Å². The van der Waals surface area contributed by atoms with Gasteiger partial charge in [-0.3, -0.25) is 14.2 Å². The Morgan fingerprint density at radius 3 is 2.68 bits per heavy atom. The molecule has 2 N–H and O–H groups in total. The predicted octanol–water partition coefficient (Wildman–Crippen LogP) is 5.35. The fourth-order valence-corrected chi connectivity index (χ4v) is 4.26. The molecule has 5 rings (SSSR count). The number of amides is 1. The average Bonchev–Trinajstić information content (AvgIpc) is 3.47. The number of carbonyl (C=O) groups is 2. The van der Waals surface area contributed by atoms with Crippen molar-refractivity contribution in [2.45, 2.75) is 32.7 Å². The van der Waals surface area contributed by atoms with Crippen LogP contribution in [0.3, 0.4) is 0 Å². The second kappa shape index (κ2) is 9.35. The van der Waals surface area contributed by atoms with Crippen LogP contribution < -0.4 is 5.32 Å². The highest BCUT2D eigenvalue weighted by molar-refractivity contribution is 5.99. The van der Waals surface area contributed by atoms with Crippen LogP contribution in [0.5, 0.6) is 0 Å². The lowest BCUT2D eigenvalue weighted by molar-refractivity contribution is -0.120. The maximum absolute atomic E-state index is 12.5. The third kappa shape index (κ3) is 4.35. The molecule has 2 heterocycles. The molecule has 5 aromatic rings. The molecular weight excluding hydrogens is 424 g/mol. The number of para-hydroxylation sites is 1. The van der Waals surface area contributed by atoms with Crippen LogP contribution in [0.4, 0.5) is 0 Å². The number of nitrogens with one attached hydrogen (secondary N) is 2. The number of ketones is 1. The second-order valence-corrected chi connectivity index (χ2v) is 8.47. The number of hydrogen-bond donors (Lipinski definition) is 2. The van der Waals surface area contributed by atoms with E-state index in [9.17, 15) is 9.59 Å². The highest BCUT2D eigenvalue weighted by Crippen LogP contribution is 2.21. The third-order valence-electron chi connectivity index (χ3n) is 6.08. The topological polar surface area (TPSA) is 79.8 Å². The zero-order chi connectivity index (χ0) is 23.5. The van der Waals surface area contributed by atoms with E-state index in [1.165, 1.54) is 0 Å². The number of nitrogens with zero attached hydrogens (tertiary/aromatic N) is 2. The Hall–Kier alpha value is -4.19. The first-order chi connectivity index (χ1) is 16.6. The fourth-order valence-electron chi connectivity index (χ4n) is 4.26. The summed E-state index contributed by atoms with van der Waals surface area (Å²) in [5, 5.41) is 4.14. The van der Waals surface area contributed by atoms with Crippen molar-refractivity contribution in [1.82, 2.24) is 19.9 Å². The first kappa shape index (κ1) is 21.6. The summed E-state index contributed by atoms with van der Waals surface area (Å²) in [4.78, 5) is 32.4. The van der Waals surface area contributed by atoms with E-state index in [0.29, 0.717) is 24.9 Å². The number of benzene rings is 3. The van der Waals surface area contributed by atoms with Crippen molar-refractivity contribution in [3.05, 3.63) is 95.9 Å². The van der Waals surface area contributed by atoms with Crippen LogP contribution in [0.1, 0.15) is 41.3 Å². The normalized spacial score (nSPS) is 11.2. The molecule has 6 heteroatoms. The van der Waals surface area contributed by atoms with Crippen molar-refractivity contribution < 1.29 is 9.59 Å². The average molecular weight is 451 g/mol. The Morgan fingerprint density at radius 2 is 1.85 bits per heavy atom. The second-order valence-electron chi connectivity index (χ2n) is 8.47. The van der Waals surface area contributed by atoms with Gasteiger partial charge in [-0.2, -0.15) is 0 Å². The SMILES string of the molecule is CCCC(=O)c1ccc2c(c1)ncn2-c1ccc(CC(=O)NCc2c[nH]c3ccccc23)cc1. The summed E-state index contributed by atoms with van der Waals surface area (Å²) < 4.78 is 1.99. The van der Waals surface area contributed by atoms with Crippen LogP contribution in [0, 0.1) is 0 Å². The van der Waals surface area contributed by atoms with Gasteiger partial charge in [-0.05, 0) is 53.9 Å². The van der Waals surface area contributed by atoms with E-state index in [4.69, 9.17) is 0 Å². The zero-order valence-corrected chi connectivity index (χ0v) is 19.0. The Morgan fingerprint density at radius 1 is 1.03 bits per heavy atom. The largest absolute Gasteiger partial charge is 0.361 e. The van der Waals surface area contributed by atoms with Gasteiger partial charge in [0.2, 0.25) is 5.91 Å². The van der Waals surface area contributed by atoms with E-state index in [-0.39, 0.29) is 11.7 Å². The number of imidazole rings is 1. The first-order valence-electron chi connectivity index (χ1n) is 11.5. The lowest BCUT2D eigenvalue weighted by atomic mass is 10.1. The molecule has 0 aliphatic carbocycles. The molecule has 1 amide bonds. The van der Waals surface area contributed by atoms with E-state index in [2.05, 4.69) is 21.4 Å². The summed E-state index contributed by atoms with van der Waals surface area (Å²) in [6, 6.07) is 21.6. The summed E-state index contributed by atoms with van der Waals surface area (Å²) >= 11 is 0. The van der Waals surface area contributed by atoms with Crippen molar-refractivity contribution in [1.29, 1.82) is 0 Å². The van der Waals surface area contributed by atoms with Gasteiger partial charge in [0, 0.05) is 41.3 Å². The Balaban J connectivity index is 1.25. The van der Waals surface area contributed by atoms with Crippen molar-refractivity contribution in [3.63, 3.8) is 0 Å². The minimum Gasteiger partial charge on any atom is -0.361 e. The van der Waals surface area contributed by atoms with Gasteiger partial charge in [-0.15, -0.1) is 0 Å². The molecule has 0 bridgehead atoms. The van der Waals surface area contributed by atoms with Crippen molar-refractivity contribution >= 4 is 33.6 Å². The smallest absolute Gasteiger partial charge is 0.224 e. The number of H-pyrrole nitrogens is 1. The van der Waals surface area contributed by atoms with Crippen molar-refractivity contribution in [3.8, 4) is 5.69 Å². The molecule has 34 heavy (non-hydrogen) atoms. The van der Waals surface area contributed by atoms with Crippen LogP contribution in [-0.4, -0.2) is 26.2 Å². The minimum atomic E-state index is -0.0182. The molecule has 3 aromatic carbocycles. The van der Waals surface area contributed by atoms with Gasteiger partial charge in [-0.1, -0.05) is 37.3 Å². The number of rotatable bonds is 8. The molecule has 0 spiro atoms. The minimum absolute atomic E-state index is 0.0182. The summed E-state index contributed by atoms with van der Waals surface area (Å²) in [5.41, 5.74) is 6.48. The third-order valence-corrected chi connectivity index (χ3v) is 6.08. The van der Waals surface area contributed by atoms with E-state index in [1.54, 1.807) is 6.33 Å². The van der Waals surface area contributed by atoms with Crippen LogP contribution in [0.15, 0.2) is 79.3 Å². The molecule has 2 aromatic heterocycles. The molecule has 0 saturated heterocycles. The fraction of sp³-hybridized carbons (Fsp3) is 0.179. The number of carbonyl (C=O) groups excluding carboxylic acids is 2. The molecule has 0 atom stereocenters. The van der Waals surface area contributed by atoms with Gasteiger partial charge in [0.15, 0.2) is 5.78 Å². The van der Waals surface area contributed by atoms with Crippen LogP contribution >= 0.6 is 0 Å². The van der Waals surface area contributed by atoms with Crippen LogP contribution in [0.25, 0.3) is 27.6 Å². The van der Waals surface area contributed by atoms with Gasteiger partial charge in [-0.25, -0.2) is 4.98 Å². The lowest BCUT2D eigenvalue weighted by Gasteiger charge is -2.08. The Bertz CT molecular complexity index is 1480. The summed E-state index contributed by atoms with van der Waals surface area (Å²) in [6.07, 6.45) is 5.40. The van der Waals surface area contributed by atoms with Gasteiger partial charge in [0.25, 0.3) is 0 Å². The summed E-state index contributed by atoms with van der Waals surface area (Å²) in [6.45, 7) is 2.49. The molecule has 0 radical (unpaired) electrons. The highest BCUT2D eigenvalue weighted by atomic mass is 16.1. The van der Waals surface area contributed by atoms with Gasteiger partial charge < -0.3 is 10.3 Å². The molecule has 6 nitrogen and oxygen atoms in total. The monoisotopic (exact) mass is 450 g/mol. The molecule has 0 saturated carbocycles. The summed E-state index contributed by atoms with van der Waals surface area (Å²) in [7, 11) is 0. The molecule has 0 fully saturated rings. The zero-order valence-electron chi connectivity index (χ0n) is 19.0. The van der Waals surface area contributed by atoms with Crippen LogP contribution in [0.2, 0.25) is 0 Å². The number of hydrogen-bond acceptors (Lipinski definition) is 3. The molecule has 0 unspecified atom stereocenters. The van der Waals surface area contributed by atoms with Gasteiger partial charge in [0.1, 0.15) is 6.33 Å². The number of fused-ring (bicyclic) bond motifs is 2. The van der Waals surface area contributed by atoms with Crippen LogP contribution in [-0.2, 0) is 17.8 Å². The molecular formula is C28H26N4O2.